The molecule has 1 rings (SSSR count). The quantitative estimate of drug-likeness (QED) is 0.581. The average molecular weight is 180 g/mol. The number of carbonyl (C=O) groups is 2. The Morgan fingerprint density at radius 3 is 2.92 bits per heavy atom. The zero-order valence-corrected chi connectivity index (χ0v) is 7.41. The molecule has 4 nitrogen and oxygen atoms in total. The molecule has 0 saturated carbocycles. The van der Waals surface area contributed by atoms with Crippen LogP contribution in [0.2, 0.25) is 0 Å². The molecule has 1 amide bonds. The van der Waals surface area contributed by atoms with Gasteiger partial charge in [-0.2, -0.15) is 0 Å². The van der Waals surface area contributed by atoms with Gasteiger partial charge >= 0.3 is 0 Å². The van der Waals surface area contributed by atoms with Gasteiger partial charge in [0.05, 0.1) is 0 Å². The van der Waals surface area contributed by atoms with E-state index in [4.69, 9.17) is 5.73 Å². The largest absolute Gasteiger partial charge is 0.402 e. The Morgan fingerprint density at radius 1 is 1.77 bits per heavy atom. The minimum Gasteiger partial charge on any atom is -0.402 e. The smallest absolute Gasteiger partial charge is 0.217 e. The summed E-state index contributed by atoms with van der Waals surface area (Å²) < 4.78 is 0. The highest BCUT2D eigenvalue weighted by atomic mass is 16.2. The summed E-state index contributed by atoms with van der Waals surface area (Å²) in [6, 6.07) is 0. The van der Waals surface area contributed by atoms with Gasteiger partial charge in [-0.25, -0.2) is 0 Å². The molecule has 0 fully saturated rings. The van der Waals surface area contributed by atoms with Gasteiger partial charge in [0, 0.05) is 19.0 Å². The lowest BCUT2D eigenvalue weighted by atomic mass is 9.91. The predicted octanol–water partition coefficient (Wildman–Crippen LogP) is -0.137. The molecule has 4 heteroatoms. The van der Waals surface area contributed by atoms with Crippen molar-refractivity contribution in [3.05, 3.63) is 23.9 Å². The third-order valence-corrected chi connectivity index (χ3v) is 1.82. The first kappa shape index (κ1) is 9.51. The van der Waals surface area contributed by atoms with Crippen molar-refractivity contribution in [1.82, 2.24) is 5.32 Å². The maximum atomic E-state index is 10.8. The van der Waals surface area contributed by atoms with Crippen molar-refractivity contribution >= 4 is 12.2 Å². The van der Waals surface area contributed by atoms with Crippen LogP contribution in [0.4, 0.5) is 0 Å². The fourth-order valence-corrected chi connectivity index (χ4v) is 1.32. The Morgan fingerprint density at radius 2 is 2.46 bits per heavy atom. The molecule has 0 aliphatic heterocycles. The maximum Gasteiger partial charge on any atom is 0.217 e. The van der Waals surface area contributed by atoms with E-state index >= 15 is 0 Å². The van der Waals surface area contributed by atoms with Crippen molar-refractivity contribution in [2.45, 2.75) is 18.9 Å². The molecule has 0 aromatic rings. The van der Waals surface area contributed by atoms with Gasteiger partial charge in [-0.1, -0.05) is 12.2 Å². The van der Waals surface area contributed by atoms with Gasteiger partial charge in [-0.05, 0) is 6.08 Å². The first-order valence-electron chi connectivity index (χ1n) is 3.97. The molecule has 1 aliphatic carbocycles. The number of aldehydes is 1. The molecule has 3 N–H and O–H groups in total. The van der Waals surface area contributed by atoms with E-state index in [2.05, 4.69) is 5.32 Å². The van der Waals surface area contributed by atoms with Crippen LogP contribution in [-0.2, 0) is 9.59 Å². The van der Waals surface area contributed by atoms with Crippen LogP contribution >= 0.6 is 0 Å². The van der Waals surface area contributed by atoms with Gasteiger partial charge in [0.1, 0.15) is 11.8 Å². The van der Waals surface area contributed by atoms with Gasteiger partial charge in [-0.15, -0.1) is 0 Å². The molecule has 0 aromatic heterocycles. The van der Waals surface area contributed by atoms with Crippen molar-refractivity contribution in [1.29, 1.82) is 0 Å². The summed E-state index contributed by atoms with van der Waals surface area (Å²) in [4.78, 5) is 21.6. The highest BCUT2D eigenvalue weighted by Crippen LogP contribution is 2.18. The van der Waals surface area contributed by atoms with E-state index in [-0.39, 0.29) is 5.91 Å². The van der Waals surface area contributed by atoms with Crippen LogP contribution in [0.1, 0.15) is 13.3 Å². The minimum atomic E-state index is -0.940. The highest BCUT2D eigenvalue weighted by molar-refractivity contribution is 5.82. The lowest BCUT2D eigenvalue weighted by Gasteiger charge is -2.27. The minimum absolute atomic E-state index is 0.244. The molecule has 0 heterocycles. The first-order valence-corrected chi connectivity index (χ1v) is 3.97. The molecular weight excluding hydrogens is 168 g/mol. The standard InChI is InChI=1S/C9H12N2O2/c1-7(13)11-9(6-12)4-2-3-8(10)5-9/h2-4,6H,5,10H2,1H3,(H,11,13). The lowest BCUT2D eigenvalue weighted by molar-refractivity contribution is -0.123. The number of amides is 1. The van der Waals surface area contributed by atoms with Crippen molar-refractivity contribution in [2.75, 3.05) is 0 Å². The molecule has 70 valence electrons. The van der Waals surface area contributed by atoms with Crippen molar-refractivity contribution in [3.63, 3.8) is 0 Å². The number of nitrogens with two attached hydrogens (primary N) is 1. The highest BCUT2D eigenvalue weighted by Gasteiger charge is 2.29. The zero-order valence-electron chi connectivity index (χ0n) is 7.41. The SMILES string of the molecule is CC(=O)NC1(C=O)C=CC=C(N)C1. The Hall–Kier alpha value is -1.58. The molecule has 1 atom stereocenters. The summed E-state index contributed by atoms with van der Waals surface area (Å²) in [5.41, 5.74) is 5.21. The second-order valence-corrected chi connectivity index (χ2v) is 3.12. The molecule has 0 saturated heterocycles. The summed E-state index contributed by atoms with van der Waals surface area (Å²) in [6.07, 6.45) is 6.06. The van der Waals surface area contributed by atoms with Crippen LogP contribution < -0.4 is 11.1 Å². The van der Waals surface area contributed by atoms with Gasteiger partial charge in [0.2, 0.25) is 5.91 Å². The fourth-order valence-electron chi connectivity index (χ4n) is 1.32. The van der Waals surface area contributed by atoms with E-state index in [1.54, 1.807) is 18.2 Å². The summed E-state index contributed by atoms with van der Waals surface area (Å²) in [7, 11) is 0. The summed E-state index contributed by atoms with van der Waals surface area (Å²) in [5, 5.41) is 2.56. The molecule has 1 unspecified atom stereocenters. The molecule has 0 spiro atoms. The van der Waals surface area contributed by atoms with Gasteiger partial charge < -0.3 is 15.8 Å². The third kappa shape index (κ3) is 2.18. The number of carbonyl (C=O) groups excluding carboxylic acids is 2. The van der Waals surface area contributed by atoms with Crippen molar-refractivity contribution < 1.29 is 9.59 Å². The first-order chi connectivity index (χ1) is 6.08. The maximum absolute atomic E-state index is 10.8. The van der Waals surface area contributed by atoms with Crippen molar-refractivity contribution in [3.8, 4) is 0 Å². The third-order valence-electron chi connectivity index (χ3n) is 1.82. The number of hydrogen-bond acceptors (Lipinski definition) is 3. The van der Waals surface area contributed by atoms with Crippen LogP contribution in [0.5, 0.6) is 0 Å². The van der Waals surface area contributed by atoms with E-state index in [0.717, 1.165) is 0 Å². The zero-order chi connectivity index (χ0) is 9.90. The van der Waals surface area contributed by atoms with Crippen LogP contribution in [0.3, 0.4) is 0 Å². The van der Waals surface area contributed by atoms with E-state index in [1.807, 2.05) is 0 Å². The number of rotatable bonds is 2. The normalized spacial score (nSPS) is 26.4. The Bertz CT molecular complexity index is 290. The van der Waals surface area contributed by atoms with Crippen LogP contribution in [-0.4, -0.2) is 17.7 Å². The van der Waals surface area contributed by atoms with E-state index in [1.165, 1.54) is 6.92 Å². The molecule has 1 aliphatic rings. The van der Waals surface area contributed by atoms with Crippen LogP contribution in [0, 0.1) is 0 Å². The van der Waals surface area contributed by atoms with Crippen LogP contribution in [0.15, 0.2) is 23.9 Å². The summed E-state index contributed by atoms with van der Waals surface area (Å²) >= 11 is 0. The molecule has 0 radical (unpaired) electrons. The Kier molecular flexibility index (Phi) is 2.51. The van der Waals surface area contributed by atoms with Gasteiger partial charge in [0.25, 0.3) is 0 Å². The second-order valence-electron chi connectivity index (χ2n) is 3.12. The van der Waals surface area contributed by atoms with Crippen LogP contribution in [0.25, 0.3) is 0 Å². The van der Waals surface area contributed by atoms with E-state index in [0.29, 0.717) is 18.4 Å². The monoisotopic (exact) mass is 180 g/mol. The molecular formula is C9H12N2O2. The molecule has 0 aromatic carbocycles. The fraction of sp³-hybridized carbons (Fsp3) is 0.333. The van der Waals surface area contributed by atoms with E-state index in [9.17, 15) is 9.59 Å². The predicted molar refractivity (Wildman–Crippen MR) is 48.6 cm³/mol. The van der Waals surface area contributed by atoms with Gasteiger partial charge in [-0.3, -0.25) is 4.79 Å². The number of hydrogen-bond donors (Lipinski definition) is 2. The summed E-state index contributed by atoms with van der Waals surface area (Å²) in [5.74, 6) is -0.244. The number of allylic oxidation sites excluding steroid dienone is 2. The van der Waals surface area contributed by atoms with Crippen molar-refractivity contribution in [2.24, 2.45) is 5.73 Å². The lowest BCUT2D eigenvalue weighted by Crippen LogP contribution is -2.49. The Labute approximate surface area is 76.5 Å². The Balaban J connectivity index is 2.84. The topological polar surface area (TPSA) is 72.2 Å². The second kappa shape index (κ2) is 3.43. The molecule has 0 bridgehead atoms. The van der Waals surface area contributed by atoms with Gasteiger partial charge in [0.15, 0.2) is 0 Å². The summed E-state index contributed by atoms with van der Waals surface area (Å²) in [6.45, 7) is 1.37. The molecule has 13 heavy (non-hydrogen) atoms. The van der Waals surface area contributed by atoms with E-state index < -0.39 is 5.54 Å². The number of nitrogens with one attached hydrogen (secondary N) is 1. The average Bonchev–Trinajstić information content (AvgIpc) is 2.03.